The standard InChI is InChI=1S/B8H2S/c1-3-4-5-6-7-8-9-2/h1H2. The fourth-order valence-electron chi connectivity index (χ4n) is 0.330. The Kier molecular flexibility index (Phi) is 9.46. The molecule has 9 heteroatoms. The van der Waals surface area contributed by atoms with Gasteiger partial charge in [0.05, 0.1) is 0 Å². The van der Waals surface area contributed by atoms with Gasteiger partial charge in [0, 0.05) is 0 Å². The van der Waals surface area contributed by atoms with Crippen molar-refractivity contribution in [3.63, 3.8) is 0 Å². The topological polar surface area (TPSA) is 0 Å². The van der Waals surface area contributed by atoms with Crippen LogP contribution in [0.2, 0.25) is 0 Å². The molecule has 0 amide bonds. The van der Waals surface area contributed by atoms with Crippen LogP contribution < -0.4 is 0 Å². The minimum absolute atomic E-state index is 1.20. The van der Waals surface area contributed by atoms with Gasteiger partial charge in [0.2, 0.25) is 0 Å². The first-order valence-electron chi connectivity index (χ1n) is 2.72. The van der Waals surface area contributed by atoms with Crippen LogP contribution in [0.3, 0.4) is 0 Å². The van der Waals surface area contributed by atoms with Gasteiger partial charge in [-0.15, -0.1) is 0 Å². The summed E-state index contributed by atoms with van der Waals surface area (Å²) in [5.74, 6) is 0. The Morgan fingerprint density at radius 1 is 1.11 bits per heavy atom. The Bertz CT molecular complexity index is 167. The zero-order chi connectivity index (χ0) is 6.95. The number of rotatable bonds is 2. The number of hydrogen-bond donors (Lipinski definition) is 0. The second-order valence-corrected chi connectivity index (χ2v) is 1.92. The maximum atomic E-state index is 5.12. The normalized spacial score (nSPS) is 6.89. The summed E-state index contributed by atoms with van der Waals surface area (Å²) in [6.07, 6.45) is 1.82. The van der Waals surface area contributed by atoms with Crippen LogP contribution in [0.15, 0.2) is 0 Å². The molecule has 0 saturated carbocycles. The molecule has 0 nitrogen and oxygen atoms in total. The van der Waals surface area contributed by atoms with Crippen molar-refractivity contribution in [2.45, 2.75) is 0 Å². The molecule has 0 aliphatic carbocycles. The van der Waals surface area contributed by atoms with Crippen molar-refractivity contribution < 1.29 is 0 Å². The molecule has 0 spiro atoms. The number of hydrogen-bond acceptors (Lipinski definition) is 0. The van der Waals surface area contributed by atoms with E-state index in [9.17, 15) is 0 Å². The van der Waals surface area contributed by atoms with Crippen LogP contribution in [0.4, 0.5) is 0 Å². The van der Waals surface area contributed by atoms with Crippen molar-refractivity contribution in [1.82, 2.24) is 0 Å². The van der Waals surface area contributed by atoms with Crippen molar-refractivity contribution in [3.8, 4) is 0 Å². The zero-order valence-corrected chi connectivity index (χ0v) is 6.27. The molecule has 0 heterocycles. The van der Waals surface area contributed by atoms with Gasteiger partial charge in [0.1, 0.15) is 0 Å². The molecular formula is H2B8S. The monoisotopic (exact) mass is 122 g/mol. The molecule has 0 N–H and O–H groups in total. The zero-order valence-electron chi connectivity index (χ0n) is 5.45. The van der Waals surface area contributed by atoms with Crippen molar-refractivity contribution in [2.75, 3.05) is 0 Å². The summed E-state index contributed by atoms with van der Waals surface area (Å²) in [5, 5.41) is 0. The van der Waals surface area contributed by atoms with E-state index in [0.29, 0.717) is 0 Å². The Hall–Kier alpha value is 0.739. The molecule has 0 aromatic carbocycles. The molecule has 0 aliphatic heterocycles. The van der Waals surface area contributed by atoms with Gasteiger partial charge in [-0.25, -0.2) is 0 Å². The van der Waals surface area contributed by atoms with Gasteiger partial charge >= 0.3 is 64.7 Å². The minimum atomic E-state index is 1.20. The average molecular weight is 121 g/mol. The van der Waals surface area contributed by atoms with Gasteiger partial charge in [-0.2, -0.15) is 0 Å². The molecule has 0 unspecified atom stereocenters. The molecule has 0 fully saturated rings. The van der Waals surface area contributed by atoms with Gasteiger partial charge < -0.3 is 0 Å². The predicted molar refractivity (Wildman–Crippen MR) is 56.4 cm³/mol. The van der Waals surface area contributed by atoms with Gasteiger partial charge in [-0.1, -0.05) is 0 Å². The summed E-state index contributed by atoms with van der Waals surface area (Å²) in [5.41, 5.74) is 0. The first kappa shape index (κ1) is 9.74. The van der Waals surface area contributed by atoms with E-state index in [1.165, 1.54) is 10.8 Å². The quantitative estimate of drug-likeness (QED) is 0.343. The Balaban J connectivity index is 3.50. The molecule has 0 atom stereocenters. The summed E-state index contributed by atoms with van der Waals surface area (Å²) < 4.78 is 0. The third kappa shape index (κ3) is 8.74. The van der Waals surface area contributed by atoms with E-state index in [4.69, 9.17) is 6.53 Å². The van der Waals surface area contributed by atoms with Gasteiger partial charge in [0.25, 0.3) is 0 Å². The molecule has 0 aromatic heterocycles. The molecule has 9 heavy (non-hydrogen) atoms. The summed E-state index contributed by atoms with van der Waals surface area (Å²) in [6.45, 7) is 14.8. The van der Waals surface area contributed by atoms with Gasteiger partial charge in [-0.3, -0.25) is 0 Å². The third-order valence-electron chi connectivity index (χ3n) is 0.683. The SMILES string of the molecule is B#S\B=B/B=B\B=B/B. The second-order valence-electron chi connectivity index (χ2n) is 1.38. The van der Waals surface area contributed by atoms with E-state index in [2.05, 4.69) is 0 Å². The van der Waals surface area contributed by atoms with Crippen molar-refractivity contribution in [1.29, 1.82) is 0 Å². The average Bonchev–Trinajstić information content (AvgIpc) is 1.89. The third-order valence-corrected chi connectivity index (χ3v) is 0.997. The molecule has 32 valence electrons. The summed E-state index contributed by atoms with van der Waals surface area (Å²) >= 11 is 0. The molecule has 0 radical (unpaired) electrons. The molecule has 0 aliphatic rings. The Morgan fingerprint density at radius 2 is 1.78 bits per heavy atom. The van der Waals surface area contributed by atoms with E-state index in [0.717, 1.165) is 0 Å². The molecule has 0 aromatic rings. The van der Waals surface area contributed by atoms with Crippen LogP contribution in [0, 0.1) is 0 Å². The summed E-state index contributed by atoms with van der Waals surface area (Å²) in [4.78, 5) is 0. The fourth-order valence-corrected chi connectivity index (χ4v) is 0.512. The van der Waals surface area contributed by atoms with E-state index >= 15 is 0 Å². The fraction of sp³-hybridized carbons (Fsp3) is 0. The maximum absolute atomic E-state index is 5.12. The van der Waals surface area contributed by atoms with E-state index in [1.54, 1.807) is 0 Å². The van der Waals surface area contributed by atoms with E-state index in [-0.39, 0.29) is 0 Å². The molecular weight excluding hydrogens is 119 g/mol. The van der Waals surface area contributed by atoms with Crippen molar-refractivity contribution in [2.24, 2.45) is 0 Å². The van der Waals surface area contributed by atoms with Gasteiger partial charge in [0.15, 0.2) is 0 Å². The summed E-state index contributed by atoms with van der Waals surface area (Å²) in [7, 11) is 3.18. The van der Waals surface area contributed by atoms with Crippen LogP contribution >= 0.6 is 10.8 Å². The predicted octanol–water partition coefficient (Wildman–Crippen LogP) is -2.93. The first-order chi connectivity index (χ1) is 4.41. The van der Waals surface area contributed by atoms with Crippen LogP contribution in [0.1, 0.15) is 0 Å². The van der Waals surface area contributed by atoms with Gasteiger partial charge in [-0.05, 0) is 0 Å². The van der Waals surface area contributed by atoms with Crippen LogP contribution in [0.25, 0.3) is 0 Å². The van der Waals surface area contributed by atoms with Crippen LogP contribution in [-0.2, 0) is 0 Å². The van der Waals surface area contributed by atoms with Crippen LogP contribution in [0.5, 0.6) is 0 Å². The molecule has 0 rings (SSSR count). The first-order valence-corrected chi connectivity index (χ1v) is 3.66. The summed E-state index contributed by atoms with van der Waals surface area (Å²) in [6, 6.07) is 0. The Labute approximate surface area is 65.0 Å². The van der Waals surface area contributed by atoms with E-state index in [1.807, 2.05) is 47.3 Å². The van der Waals surface area contributed by atoms with Crippen molar-refractivity contribution in [3.05, 3.63) is 0 Å². The molecule has 0 saturated heterocycles. The molecule has 0 bridgehead atoms. The van der Waals surface area contributed by atoms with Crippen molar-refractivity contribution >= 4 is 64.7 Å². The second kappa shape index (κ2) is 8.74. The van der Waals surface area contributed by atoms with E-state index < -0.39 is 0 Å². The Morgan fingerprint density at radius 3 is 2.33 bits per heavy atom. The van der Waals surface area contributed by atoms with Crippen LogP contribution in [-0.4, -0.2) is 53.8 Å².